The molecule has 2 aromatic rings. The van der Waals surface area contributed by atoms with Crippen LogP contribution in [-0.4, -0.2) is 11.5 Å². The summed E-state index contributed by atoms with van der Waals surface area (Å²) >= 11 is 0. The number of nitrogens with one attached hydrogen (secondary N) is 1. The van der Waals surface area contributed by atoms with Gasteiger partial charge in [0, 0.05) is 11.6 Å². The van der Waals surface area contributed by atoms with E-state index in [9.17, 15) is 0 Å². The highest BCUT2D eigenvalue weighted by atomic mass is 14.9. The standard InChI is InChI=1S/C16H22N2/c1-4-17-15(11-12(2)3)16-14-8-6-5-7-13(14)9-10-18-16/h5-10,12,15,17H,4,11H2,1-3H3. The predicted molar refractivity (Wildman–Crippen MR) is 77.6 cm³/mol. The largest absolute Gasteiger partial charge is 0.309 e. The van der Waals surface area contributed by atoms with E-state index in [2.05, 4.69) is 61.4 Å². The molecule has 1 atom stereocenters. The van der Waals surface area contributed by atoms with Crippen LogP contribution in [0.15, 0.2) is 36.5 Å². The number of hydrogen-bond donors (Lipinski definition) is 1. The molecule has 96 valence electrons. The predicted octanol–water partition coefficient (Wildman–Crippen LogP) is 3.93. The number of benzene rings is 1. The van der Waals surface area contributed by atoms with Gasteiger partial charge < -0.3 is 5.32 Å². The fourth-order valence-corrected chi connectivity index (χ4v) is 2.43. The normalized spacial score (nSPS) is 13.1. The molecular formula is C16H22N2. The van der Waals surface area contributed by atoms with Gasteiger partial charge in [0.25, 0.3) is 0 Å². The fraction of sp³-hybridized carbons (Fsp3) is 0.438. The Kier molecular flexibility index (Phi) is 4.32. The first-order valence-electron chi connectivity index (χ1n) is 6.79. The van der Waals surface area contributed by atoms with Crippen LogP contribution in [0.2, 0.25) is 0 Å². The van der Waals surface area contributed by atoms with Gasteiger partial charge in [-0.05, 0) is 30.3 Å². The summed E-state index contributed by atoms with van der Waals surface area (Å²) in [7, 11) is 0. The van der Waals surface area contributed by atoms with E-state index in [4.69, 9.17) is 0 Å². The molecule has 0 aliphatic rings. The summed E-state index contributed by atoms with van der Waals surface area (Å²) in [5, 5.41) is 6.10. The molecule has 1 unspecified atom stereocenters. The lowest BCUT2D eigenvalue weighted by molar-refractivity contribution is 0.433. The summed E-state index contributed by atoms with van der Waals surface area (Å²) in [6, 6.07) is 10.9. The highest BCUT2D eigenvalue weighted by Gasteiger charge is 2.15. The Hall–Kier alpha value is -1.41. The molecule has 1 N–H and O–H groups in total. The Bertz CT molecular complexity index is 500. The first-order valence-corrected chi connectivity index (χ1v) is 6.79. The average Bonchev–Trinajstić information content (AvgIpc) is 2.37. The molecule has 0 aliphatic carbocycles. The second kappa shape index (κ2) is 5.96. The zero-order valence-electron chi connectivity index (χ0n) is 11.5. The zero-order chi connectivity index (χ0) is 13.0. The molecule has 0 amide bonds. The maximum atomic E-state index is 4.62. The topological polar surface area (TPSA) is 24.9 Å². The van der Waals surface area contributed by atoms with Gasteiger partial charge in [0.05, 0.1) is 11.7 Å². The highest BCUT2D eigenvalue weighted by Crippen LogP contribution is 2.26. The Balaban J connectivity index is 2.43. The van der Waals surface area contributed by atoms with Crippen molar-refractivity contribution in [3.63, 3.8) is 0 Å². The summed E-state index contributed by atoms with van der Waals surface area (Å²) in [5.41, 5.74) is 1.18. The van der Waals surface area contributed by atoms with Crippen molar-refractivity contribution in [2.24, 2.45) is 5.92 Å². The summed E-state index contributed by atoms with van der Waals surface area (Å²) < 4.78 is 0. The number of rotatable bonds is 5. The van der Waals surface area contributed by atoms with Gasteiger partial charge in [-0.25, -0.2) is 0 Å². The van der Waals surface area contributed by atoms with Crippen LogP contribution in [0.1, 0.15) is 38.9 Å². The van der Waals surface area contributed by atoms with Crippen molar-refractivity contribution < 1.29 is 0 Å². The van der Waals surface area contributed by atoms with Crippen LogP contribution in [0.5, 0.6) is 0 Å². The monoisotopic (exact) mass is 242 g/mol. The van der Waals surface area contributed by atoms with Crippen LogP contribution in [0.3, 0.4) is 0 Å². The summed E-state index contributed by atoms with van der Waals surface area (Å²) in [4.78, 5) is 4.62. The van der Waals surface area contributed by atoms with E-state index in [1.807, 2.05) is 6.20 Å². The number of hydrogen-bond acceptors (Lipinski definition) is 2. The van der Waals surface area contributed by atoms with Crippen LogP contribution in [-0.2, 0) is 0 Å². The molecule has 2 heteroatoms. The fourth-order valence-electron chi connectivity index (χ4n) is 2.43. The molecule has 1 aromatic carbocycles. The molecule has 0 fully saturated rings. The third-order valence-electron chi connectivity index (χ3n) is 3.19. The minimum absolute atomic E-state index is 0.348. The quantitative estimate of drug-likeness (QED) is 0.859. The minimum Gasteiger partial charge on any atom is -0.309 e. The molecule has 1 heterocycles. The van der Waals surface area contributed by atoms with Crippen molar-refractivity contribution in [2.75, 3.05) is 6.54 Å². The van der Waals surface area contributed by atoms with E-state index < -0.39 is 0 Å². The number of nitrogens with zero attached hydrogens (tertiary/aromatic N) is 1. The molecule has 0 spiro atoms. The van der Waals surface area contributed by atoms with Crippen LogP contribution < -0.4 is 5.32 Å². The number of pyridine rings is 1. The molecule has 18 heavy (non-hydrogen) atoms. The molecule has 2 rings (SSSR count). The van der Waals surface area contributed by atoms with E-state index in [1.54, 1.807) is 0 Å². The van der Waals surface area contributed by atoms with Crippen molar-refractivity contribution in [2.45, 2.75) is 33.2 Å². The molecule has 0 radical (unpaired) electrons. The molecule has 0 bridgehead atoms. The van der Waals surface area contributed by atoms with Gasteiger partial charge in [-0.3, -0.25) is 4.98 Å². The Morgan fingerprint density at radius 2 is 1.94 bits per heavy atom. The van der Waals surface area contributed by atoms with Crippen molar-refractivity contribution >= 4 is 10.8 Å². The molecule has 0 saturated carbocycles. The maximum Gasteiger partial charge on any atom is 0.0651 e. The van der Waals surface area contributed by atoms with Crippen molar-refractivity contribution in [1.82, 2.24) is 10.3 Å². The Morgan fingerprint density at radius 1 is 1.17 bits per heavy atom. The molecule has 0 saturated heterocycles. The van der Waals surface area contributed by atoms with E-state index in [0.717, 1.165) is 13.0 Å². The Morgan fingerprint density at radius 3 is 2.67 bits per heavy atom. The lowest BCUT2D eigenvalue weighted by Gasteiger charge is -2.20. The lowest BCUT2D eigenvalue weighted by Crippen LogP contribution is -2.23. The lowest BCUT2D eigenvalue weighted by atomic mass is 9.97. The van der Waals surface area contributed by atoms with Crippen LogP contribution in [0.4, 0.5) is 0 Å². The molecule has 2 nitrogen and oxygen atoms in total. The van der Waals surface area contributed by atoms with Crippen LogP contribution in [0, 0.1) is 5.92 Å². The van der Waals surface area contributed by atoms with Gasteiger partial charge in [-0.15, -0.1) is 0 Å². The van der Waals surface area contributed by atoms with Gasteiger partial charge in [-0.2, -0.15) is 0 Å². The first-order chi connectivity index (χ1) is 8.72. The van der Waals surface area contributed by atoms with Gasteiger partial charge in [0.2, 0.25) is 0 Å². The van der Waals surface area contributed by atoms with Crippen LogP contribution >= 0.6 is 0 Å². The maximum absolute atomic E-state index is 4.62. The van der Waals surface area contributed by atoms with E-state index in [1.165, 1.54) is 16.5 Å². The third kappa shape index (κ3) is 2.88. The van der Waals surface area contributed by atoms with E-state index in [0.29, 0.717) is 12.0 Å². The van der Waals surface area contributed by atoms with Gasteiger partial charge in [0.15, 0.2) is 0 Å². The van der Waals surface area contributed by atoms with Gasteiger partial charge in [-0.1, -0.05) is 45.0 Å². The second-order valence-corrected chi connectivity index (χ2v) is 5.16. The SMILES string of the molecule is CCNC(CC(C)C)c1nccc2ccccc12. The van der Waals surface area contributed by atoms with Crippen molar-refractivity contribution in [1.29, 1.82) is 0 Å². The minimum atomic E-state index is 0.348. The summed E-state index contributed by atoms with van der Waals surface area (Å²) in [5.74, 6) is 0.662. The molecular weight excluding hydrogens is 220 g/mol. The van der Waals surface area contributed by atoms with Crippen molar-refractivity contribution in [3.8, 4) is 0 Å². The Labute approximate surface area is 109 Å². The summed E-state index contributed by atoms with van der Waals surface area (Å²) in [6.07, 6.45) is 3.04. The van der Waals surface area contributed by atoms with Crippen molar-refractivity contribution in [3.05, 3.63) is 42.2 Å². The molecule has 0 aliphatic heterocycles. The zero-order valence-corrected chi connectivity index (χ0v) is 11.5. The second-order valence-electron chi connectivity index (χ2n) is 5.16. The highest BCUT2D eigenvalue weighted by molar-refractivity contribution is 5.84. The van der Waals surface area contributed by atoms with Gasteiger partial charge in [0.1, 0.15) is 0 Å². The van der Waals surface area contributed by atoms with Gasteiger partial charge >= 0.3 is 0 Å². The smallest absolute Gasteiger partial charge is 0.0651 e. The summed E-state index contributed by atoms with van der Waals surface area (Å²) in [6.45, 7) is 7.64. The third-order valence-corrected chi connectivity index (χ3v) is 3.19. The number of aromatic nitrogens is 1. The van der Waals surface area contributed by atoms with E-state index in [-0.39, 0.29) is 0 Å². The average molecular weight is 242 g/mol. The first kappa shape index (κ1) is 13.0. The van der Waals surface area contributed by atoms with Crippen LogP contribution in [0.25, 0.3) is 10.8 Å². The molecule has 1 aromatic heterocycles. The number of fused-ring (bicyclic) bond motifs is 1. The van der Waals surface area contributed by atoms with E-state index >= 15 is 0 Å².